The average molecular weight is 422 g/mol. The fraction of sp³-hybridized carbons (Fsp3) is 0. The molecule has 32 heavy (non-hydrogen) atoms. The molecule has 0 amide bonds. The number of carbonyl (C=O) groups is 2. The molecular formula is C26H22N4O2. The molecule has 0 unspecified atom stereocenters. The van der Waals surface area contributed by atoms with Gasteiger partial charge in [-0.2, -0.15) is 0 Å². The van der Waals surface area contributed by atoms with Gasteiger partial charge in [-0.15, -0.1) is 0 Å². The van der Waals surface area contributed by atoms with Crippen LogP contribution in [0.3, 0.4) is 0 Å². The van der Waals surface area contributed by atoms with Crippen molar-refractivity contribution in [2.24, 2.45) is 0 Å². The van der Waals surface area contributed by atoms with Crippen molar-refractivity contribution in [1.29, 1.82) is 0 Å². The number of nitrogens with one attached hydrogen (secondary N) is 2. The summed E-state index contributed by atoms with van der Waals surface area (Å²) < 4.78 is 0. The van der Waals surface area contributed by atoms with Crippen molar-refractivity contribution >= 4 is 58.4 Å². The second kappa shape index (κ2) is 11.0. The van der Waals surface area contributed by atoms with Crippen LogP contribution < -0.4 is 10.6 Å². The van der Waals surface area contributed by atoms with Gasteiger partial charge in [0.15, 0.2) is 11.6 Å². The molecule has 0 atom stereocenters. The number of carbonyl (C=O) groups excluding carboxylic acids is 2. The van der Waals surface area contributed by atoms with Crippen molar-refractivity contribution in [3.05, 3.63) is 97.1 Å². The van der Waals surface area contributed by atoms with Crippen molar-refractivity contribution in [2.75, 3.05) is 10.6 Å². The number of para-hydroxylation sites is 3. The van der Waals surface area contributed by atoms with Crippen LogP contribution in [0.25, 0.3) is 21.8 Å². The van der Waals surface area contributed by atoms with Gasteiger partial charge in [-0.25, -0.2) is 9.97 Å². The number of hydrogen-bond acceptors (Lipinski definition) is 6. The fourth-order valence-corrected chi connectivity index (χ4v) is 3.29. The molecule has 1 aromatic heterocycles. The van der Waals surface area contributed by atoms with E-state index in [1.54, 1.807) is 0 Å². The summed E-state index contributed by atoms with van der Waals surface area (Å²) in [6, 6.07) is 32.4. The number of rotatable bonds is 4. The topological polar surface area (TPSA) is 84.0 Å². The van der Waals surface area contributed by atoms with E-state index in [0.717, 1.165) is 27.8 Å². The highest BCUT2D eigenvalue weighted by Gasteiger charge is 2.11. The minimum atomic E-state index is 0.692. The van der Waals surface area contributed by atoms with E-state index in [0.29, 0.717) is 11.6 Å². The van der Waals surface area contributed by atoms with E-state index in [2.05, 4.69) is 34.9 Å². The summed E-state index contributed by atoms with van der Waals surface area (Å²) in [7, 11) is 0. The van der Waals surface area contributed by atoms with E-state index >= 15 is 0 Å². The number of aromatic nitrogens is 2. The summed E-state index contributed by atoms with van der Waals surface area (Å²) in [6.45, 7) is 4.00. The van der Waals surface area contributed by atoms with Gasteiger partial charge < -0.3 is 20.2 Å². The van der Waals surface area contributed by atoms with Crippen molar-refractivity contribution in [1.82, 2.24) is 9.97 Å². The molecule has 6 heteroatoms. The van der Waals surface area contributed by atoms with Crippen LogP contribution in [0.2, 0.25) is 0 Å². The Kier molecular flexibility index (Phi) is 7.59. The molecule has 5 aromatic rings. The van der Waals surface area contributed by atoms with E-state index in [9.17, 15) is 0 Å². The second-order valence-corrected chi connectivity index (χ2v) is 6.55. The zero-order chi connectivity index (χ0) is 22.8. The summed E-state index contributed by atoms with van der Waals surface area (Å²) in [5.41, 5.74) is 3.67. The highest BCUT2D eigenvalue weighted by atomic mass is 16.1. The van der Waals surface area contributed by atoms with Crippen LogP contribution in [0.1, 0.15) is 0 Å². The summed E-state index contributed by atoms with van der Waals surface area (Å²) in [4.78, 5) is 25.6. The number of hydrogen-bond donors (Lipinski definition) is 2. The van der Waals surface area contributed by atoms with Gasteiger partial charge in [-0.05, 0) is 35.7 Å². The Balaban J connectivity index is 0.000000686. The predicted octanol–water partition coefficient (Wildman–Crippen LogP) is 5.90. The Labute approximate surface area is 186 Å². The summed E-state index contributed by atoms with van der Waals surface area (Å²) in [5, 5.41) is 9.21. The SMILES string of the molecule is C=O.C=O.c1ccc(Nc2nc3ccccc3nc2Nc2cccc3ccccc23)cc1. The van der Waals surface area contributed by atoms with Crippen molar-refractivity contribution in [3.8, 4) is 0 Å². The molecule has 1 heterocycles. The lowest BCUT2D eigenvalue weighted by Gasteiger charge is -2.15. The number of nitrogens with zero attached hydrogens (tertiary/aromatic N) is 2. The lowest BCUT2D eigenvalue weighted by molar-refractivity contribution is -0.0987. The van der Waals surface area contributed by atoms with Gasteiger partial charge >= 0.3 is 0 Å². The average Bonchev–Trinajstić information content (AvgIpc) is 2.88. The van der Waals surface area contributed by atoms with Gasteiger partial charge in [0.2, 0.25) is 0 Å². The number of benzene rings is 4. The normalized spacial score (nSPS) is 9.75. The van der Waals surface area contributed by atoms with Crippen LogP contribution in [0.15, 0.2) is 97.1 Å². The highest BCUT2D eigenvalue weighted by molar-refractivity contribution is 5.96. The smallest absolute Gasteiger partial charge is 0.174 e. The molecule has 0 spiro atoms. The van der Waals surface area contributed by atoms with Gasteiger partial charge in [-0.1, -0.05) is 66.7 Å². The Morgan fingerprint density at radius 2 is 1.06 bits per heavy atom. The zero-order valence-corrected chi connectivity index (χ0v) is 17.4. The maximum Gasteiger partial charge on any atom is 0.174 e. The Morgan fingerprint density at radius 1 is 0.531 bits per heavy atom. The van der Waals surface area contributed by atoms with Crippen LogP contribution in [0.5, 0.6) is 0 Å². The van der Waals surface area contributed by atoms with Gasteiger partial charge in [-0.3, -0.25) is 0 Å². The molecular weight excluding hydrogens is 400 g/mol. The Bertz CT molecular complexity index is 1300. The molecule has 4 aromatic carbocycles. The molecule has 6 nitrogen and oxygen atoms in total. The Hall–Kier alpha value is -4.58. The monoisotopic (exact) mass is 422 g/mol. The van der Waals surface area contributed by atoms with Crippen molar-refractivity contribution in [2.45, 2.75) is 0 Å². The maximum atomic E-state index is 8.00. The fourth-order valence-electron chi connectivity index (χ4n) is 3.29. The third-order valence-electron chi connectivity index (χ3n) is 4.65. The first-order valence-electron chi connectivity index (χ1n) is 9.78. The van der Waals surface area contributed by atoms with E-state index < -0.39 is 0 Å². The zero-order valence-electron chi connectivity index (χ0n) is 17.4. The molecule has 2 N–H and O–H groups in total. The minimum Gasteiger partial charge on any atom is -0.337 e. The lowest BCUT2D eigenvalue weighted by Crippen LogP contribution is -2.03. The van der Waals surface area contributed by atoms with Crippen LogP contribution in [0, 0.1) is 0 Å². The van der Waals surface area contributed by atoms with Gasteiger partial charge in [0.25, 0.3) is 0 Å². The third-order valence-corrected chi connectivity index (χ3v) is 4.65. The summed E-state index contributed by atoms with van der Waals surface area (Å²) >= 11 is 0. The predicted molar refractivity (Wildman–Crippen MR) is 131 cm³/mol. The summed E-state index contributed by atoms with van der Waals surface area (Å²) in [5.74, 6) is 1.39. The molecule has 0 aliphatic carbocycles. The molecule has 5 rings (SSSR count). The lowest BCUT2D eigenvalue weighted by atomic mass is 10.1. The van der Waals surface area contributed by atoms with Gasteiger partial charge in [0.05, 0.1) is 11.0 Å². The molecule has 0 saturated carbocycles. The molecule has 0 saturated heterocycles. The standard InChI is InChI=1S/C24H18N4.2CH2O/c1-2-11-18(12-3-1)25-23-24(28-22-15-7-6-14-21(22)27-23)26-20-16-8-10-17-9-4-5-13-19(17)20;2*1-2/h1-16H,(H,25,27)(H,26,28);2*1H2. The van der Waals surface area contributed by atoms with E-state index in [1.807, 2.05) is 86.4 Å². The quantitative estimate of drug-likeness (QED) is 0.375. The van der Waals surface area contributed by atoms with Crippen molar-refractivity contribution < 1.29 is 9.59 Å². The van der Waals surface area contributed by atoms with Crippen molar-refractivity contribution in [3.63, 3.8) is 0 Å². The molecule has 0 fully saturated rings. The van der Waals surface area contributed by atoms with Crippen LogP contribution in [-0.2, 0) is 9.59 Å². The largest absolute Gasteiger partial charge is 0.337 e. The van der Waals surface area contributed by atoms with Gasteiger partial charge in [0, 0.05) is 16.8 Å². The molecule has 158 valence electrons. The number of fused-ring (bicyclic) bond motifs is 2. The van der Waals surface area contributed by atoms with Gasteiger partial charge in [0.1, 0.15) is 13.6 Å². The van der Waals surface area contributed by atoms with E-state index in [1.165, 1.54) is 5.39 Å². The van der Waals surface area contributed by atoms with Crippen LogP contribution >= 0.6 is 0 Å². The number of anilines is 4. The minimum absolute atomic E-state index is 0.692. The first kappa shape index (κ1) is 22.1. The molecule has 0 aliphatic heterocycles. The first-order chi connectivity index (χ1) is 15.9. The highest BCUT2D eigenvalue weighted by Crippen LogP contribution is 2.31. The molecule has 0 radical (unpaired) electrons. The third kappa shape index (κ3) is 4.94. The molecule has 0 aliphatic rings. The maximum absolute atomic E-state index is 8.00. The van der Waals surface area contributed by atoms with Crippen LogP contribution in [-0.4, -0.2) is 23.5 Å². The first-order valence-corrected chi connectivity index (χ1v) is 9.78. The molecule has 0 bridgehead atoms. The van der Waals surface area contributed by atoms with Crippen LogP contribution in [0.4, 0.5) is 23.0 Å². The Morgan fingerprint density at radius 3 is 1.75 bits per heavy atom. The van der Waals surface area contributed by atoms with E-state index in [-0.39, 0.29) is 0 Å². The van der Waals surface area contributed by atoms with E-state index in [4.69, 9.17) is 19.6 Å². The second-order valence-electron chi connectivity index (χ2n) is 6.55. The summed E-state index contributed by atoms with van der Waals surface area (Å²) in [6.07, 6.45) is 0.